The number of alkyl halides is 17. The average Bonchev–Trinajstić information content (AvgIpc) is 2.59. The topological polar surface area (TPSA) is 14.1 Å². The molecule has 194 valence electrons. The van der Waals surface area contributed by atoms with Crippen LogP contribution in [0.2, 0.25) is 0 Å². The van der Waals surface area contributed by atoms with Gasteiger partial charge in [-0.1, -0.05) is 13.3 Å². The van der Waals surface area contributed by atoms with Crippen molar-refractivity contribution in [3.8, 4) is 0 Å². The van der Waals surface area contributed by atoms with Crippen LogP contribution in [0.25, 0.3) is 5.32 Å². The predicted molar refractivity (Wildman–Crippen MR) is 73.3 cm³/mol. The molecule has 0 fully saturated rings. The molecule has 18 heteroatoms. The largest absolute Gasteiger partial charge is 0.662 e. The zero-order chi connectivity index (χ0) is 26.2. The second-order valence-corrected chi connectivity index (χ2v) is 6.37. The summed E-state index contributed by atoms with van der Waals surface area (Å²) in [7, 11) is 0. The molecule has 0 spiro atoms. The van der Waals surface area contributed by atoms with E-state index in [2.05, 4.69) is 5.32 Å². The maximum Gasteiger partial charge on any atom is 0.460 e. The van der Waals surface area contributed by atoms with Crippen molar-refractivity contribution in [2.24, 2.45) is 0 Å². The van der Waals surface area contributed by atoms with Crippen molar-refractivity contribution in [2.45, 2.75) is 73.8 Å². The summed E-state index contributed by atoms with van der Waals surface area (Å²) in [6, 6.07) is 0. The van der Waals surface area contributed by atoms with Crippen LogP contribution in [-0.2, 0) is 0 Å². The number of hydrogen-bond donors (Lipinski definition) is 0. The zero-order valence-electron chi connectivity index (χ0n) is 15.4. The van der Waals surface area contributed by atoms with Crippen molar-refractivity contribution >= 4 is 0 Å². The molecule has 0 heterocycles. The summed E-state index contributed by atoms with van der Waals surface area (Å²) in [5.74, 6) is -55.8. The van der Waals surface area contributed by atoms with Crippen molar-refractivity contribution < 1.29 is 74.6 Å². The Labute approximate surface area is 168 Å². The van der Waals surface area contributed by atoms with Gasteiger partial charge in [0.15, 0.2) is 0 Å². The molecule has 0 saturated carbocycles. The average molecular weight is 518 g/mol. The van der Waals surface area contributed by atoms with E-state index in [-0.39, 0.29) is 13.1 Å². The normalized spacial score (nSPS) is 15.9. The Morgan fingerprint density at radius 2 is 0.812 bits per heavy atom. The summed E-state index contributed by atoms with van der Waals surface area (Å²) in [5, 5.41) is 3.50. The summed E-state index contributed by atoms with van der Waals surface area (Å²) in [6.45, 7) is 1.23. The van der Waals surface area contributed by atoms with Crippen molar-refractivity contribution in [3.05, 3.63) is 5.32 Å². The van der Waals surface area contributed by atoms with E-state index in [0.717, 1.165) is 0 Å². The summed E-state index contributed by atoms with van der Waals surface area (Å²) in [5.41, 5.74) is 0. The molecule has 0 aromatic carbocycles. The number of nitrogens with zero attached hydrogens (tertiary/aromatic N) is 1. The van der Waals surface area contributed by atoms with Crippen LogP contribution in [-0.4, -0.2) is 60.7 Å². The van der Waals surface area contributed by atoms with Gasteiger partial charge in [0, 0.05) is 6.42 Å². The molecule has 0 rings (SSSR count). The van der Waals surface area contributed by atoms with E-state index >= 15 is 0 Å². The van der Waals surface area contributed by atoms with Gasteiger partial charge in [0.25, 0.3) is 0 Å². The van der Waals surface area contributed by atoms with Gasteiger partial charge in [0.2, 0.25) is 0 Å². The Kier molecular flexibility index (Phi) is 8.51. The molecule has 0 aromatic heterocycles. The SMILES string of the molecule is CC[N-]CCCCC(F)(F)C(F)(F)C(F)(F)C(F)(F)C(F)(F)C(F)(F)C(F)(F)C(F)(F)F. The number of hydrogen-bond acceptors (Lipinski definition) is 0. The van der Waals surface area contributed by atoms with E-state index in [1.165, 1.54) is 6.92 Å². The van der Waals surface area contributed by atoms with Crippen LogP contribution < -0.4 is 0 Å². The minimum Gasteiger partial charge on any atom is -0.662 e. The molecule has 0 saturated heterocycles. The van der Waals surface area contributed by atoms with Crippen LogP contribution in [0, 0.1) is 0 Å². The fourth-order valence-corrected chi connectivity index (χ4v) is 2.08. The molecule has 0 aliphatic rings. The summed E-state index contributed by atoms with van der Waals surface area (Å²) >= 11 is 0. The molecular weight excluding hydrogens is 505 g/mol. The van der Waals surface area contributed by atoms with Crippen LogP contribution in [0.1, 0.15) is 26.2 Å². The van der Waals surface area contributed by atoms with E-state index in [0.29, 0.717) is 0 Å². The lowest BCUT2D eigenvalue weighted by atomic mass is 9.88. The molecule has 0 atom stereocenters. The van der Waals surface area contributed by atoms with Crippen LogP contribution in [0.4, 0.5) is 74.6 Å². The summed E-state index contributed by atoms with van der Waals surface area (Å²) in [6.07, 6.45) is -11.8. The second kappa shape index (κ2) is 8.85. The molecular formula is C14H13F17N-. The Morgan fingerprint density at radius 3 is 1.16 bits per heavy atom. The Hall–Kier alpha value is -1.23. The highest BCUT2D eigenvalue weighted by Crippen LogP contribution is 2.64. The molecule has 32 heavy (non-hydrogen) atoms. The second-order valence-electron chi connectivity index (χ2n) is 6.37. The third-order valence-corrected chi connectivity index (χ3v) is 4.07. The molecule has 1 nitrogen and oxygen atoms in total. The minimum atomic E-state index is -8.58. The van der Waals surface area contributed by atoms with E-state index in [1.54, 1.807) is 0 Å². The lowest BCUT2D eigenvalue weighted by molar-refractivity contribution is -0.461. The molecule has 0 radical (unpaired) electrons. The number of unbranched alkanes of at least 4 members (excludes halogenated alkanes) is 1. The Balaban J connectivity index is 6.25. The zero-order valence-corrected chi connectivity index (χ0v) is 15.4. The van der Waals surface area contributed by atoms with Gasteiger partial charge in [-0.15, -0.1) is 6.54 Å². The van der Waals surface area contributed by atoms with Gasteiger partial charge in [0.05, 0.1) is 0 Å². The standard InChI is InChI=1S/C14H13F17N/c1-2-32-6-4-3-5-7(15,16)8(17,18)9(19,20)10(21,22)11(23,24)12(25,26)13(27,28)14(29,30)31/h2-6H2,1H3/q-1. The smallest absolute Gasteiger partial charge is 0.460 e. The lowest BCUT2D eigenvalue weighted by Gasteiger charge is -2.42. The quantitative estimate of drug-likeness (QED) is 0.187. The van der Waals surface area contributed by atoms with Crippen LogP contribution in [0.15, 0.2) is 0 Å². The molecule has 0 aliphatic carbocycles. The highest BCUT2D eigenvalue weighted by molar-refractivity contribution is 5.15. The number of rotatable bonds is 12. The van der Waals surface area contributed by atoms with Gasteiger partial charge >= 0.3 is 47.6 Å². The van der Waals surface area contributed by atoms with Crippen molar-refractivity contribution in [1.29, 1.82) is 0 Å². The van der Waals surface area contributed by atoms with Gasteiger partial charge < -0.3 is 5.32 Å². The van der Waals surface area contributed by atoms with E-state index in [1.807, 2.05) is 0 Å². The lowest BCUT2D eigenvalue weighted by Crippen LogP contribution is -2.74. The van der Waals surface area contributed by atoms with Crippen molar-refractivity contribution in [1.82, 2.24) is 0 Å². The van der Waals surface area contributed by atoms with Crippen molar-refractivity contribution in [3.63, 3.8) is 0 Å². The Bertz CT molecular complexity index is 621. The molecule has 0 amide bonds. The predicted octanol–water partition coefficient (Wildman–Crippen LogP) is 7.56. The van der Waals surface area contributed by atoms with Crippen LogP contribution in [0.3, 0.4) is 0 Å². The summed E-state index contributed by atoms with van der Waals surface area (Å²) < 4.78 is 221. The van der Waals surface area contributed by atoms with Crippen LogP contribution in [0.5, 0.6) is 0 Å². The molecule has 0 unspecified atom stereocenters. The fourth-order valence-electron chi connectivity index (χ4n) is 2.08. The van der Waals surface area contributed by atoms with E-state index in [9.17, 15) is 74.6 Å². The van der Waals surface area contributed by atoms with E-state index < -0.39 is 66.9 Å². The maximum atomic E-state index is 13.5. The van der Waals surface area contributed by atoms with Gasteiger partial charge in [0.1, 0.15) is 0 Å². The van der Waals surface area contributed by atoms with Gasteiger partial charge in [-0.2, -0.15) is 81.2 Å². The number of halogens is 17. The first-order chi connectivity index (χ1) is 13.8. The molecule has 0 N–H and O–H groups in total. The first-order valence-corrected chi connectivity index (χ1v) is 8.16. The molecule has 0 aromatic rings. The molecule has 0 bridgehead atoms. The third-order valence-electron chi connectivity index (χ3n) is 4.07. The third kappa shape index (κ3) is 4.56. The Morgan fingerprint density at radius 1 is 0.469 bits per heavy atom. The van der Waals surface area contributed by atoms with Crippen LogP contribution >= 0.6 is 0 Å². The summed E-state index contributed by atoms with van der Waals surface area (Å²) in [4.78, 5) is 0. The van der Waals surface area contributed by atoms with Gasteiger partial charge in [-0.25, -0.2) is 0 Å². The van der Waals surface area contributed by atoms with Gasteiger partial charge in [-0.05, 0) is 6.42 Å². The minimum absolute atomic E-state index is 0.0999. The van der Waals surface area contributed by atoms with Gasteiger partial charge in [-0.3, -0.25) is 0 Å². The highest BCUT2D eigenvalue weighted by atomic mass is 19.4. The van der Waals surface area contributed by atoms with E-state index in [4.69, 9.17) is 0 Å². The highest BCUT2D eigenvalue weighted by Gasteiger charge is 2.95. The fraction of sp³-hybridized carbons (Fsp3) is 1.00. The van der Waals surface area contributed by atoms with Crippen molar-refractivity contribution in [2.75, 3.05) is 13.1 Å². The monoisotopic (exact) mass is 518 g/mol. The maximum absolute atomic E-state index is 13.5. The molecule has 0 aliphatic heterocycles. The first kappa shape index (κ1) is 30.8. The first-order valence-electron chi connectivity index (χ1n) is 8.16.